The molecule has 56 heavy (non-hydrogen) atoms. The van der Waals surface area contributed by atoms with Crippen LogP contribution in [-0.2, 0) is 14.3 Å². The van der Waals surface area contributed by atoms with Crippen molar-refractivity contribution in [3.63, 3.8) is 0 Å². The molecule has 0 aromatic carbocycles. The number of esters is 1. The summed E-state index contributed by atoms with van der Waals surface area (Å²) in [7, 11) is 0. The predicted octanol–water partition coefficient (Wildman–Crippen LogP) is 14.3. The topological polar surface area (TPSA) is 95.9 Å². The molecule has 0 radical (unpaired) electrons. The van der Waals surface area contributed by atoms with Gasteiger partial charge in [0.1, 0.15) is 0 Å². The third-order valence-electron chi connectivity index (χ3n) is 11.3. The molecule has 3 N–H and O–H groups in total. The van der Waals surface area contributed by atoms with E-state index >= 15 is 0 Å². The zero-order valence-corrected chi connectivity index (χ0v) is 37.4. The minimum absolute atomic E-state index is 0.0152. The quantitative estimate of drug-likeness (QED) is 0.0324. The van der Waals surface area contributed by atoms with Crippen LogP contribution in [-0.4, -0.2) is 47.4 Å². The summed E-state index contributed by atoms with van der Waals surface area (Å²) in [5, 5.41) is 23.1. The molecule has 0 fully saturated rings. The van der Waals surface area contributed by atoms with Crippen LogP contribution >= 0.6 is 0 Å². The first-order chi connectivity index (χ1) is 27.5. The second-order valence-electron chi connectivity index (χ2n) is 16.8. The van der Waals surface area contributed by atoms with Crippen LogP contribution < -0.4 is 5.32 Å². The Morgan fingerprint density at radius 2 is 0.911 bits per heavy atom. The van der Waals surface area contributed by atoms with E-state index in [2.05, 4.69) is 37.4 Å². The molecule has 2 unspecified atom stereocenters. The first-order valence-corrected chi connectivity index (χ1v) is 24.6. The minimum Gasteiger partial charge on any atom is -0.466 e. The van der Waals surface area contributed by atoms with Gasteiger partial charge < -0.3 is 20.3 Å². The summed E-state index contributed by atoms with van der Waals surface area (Å²) in [6.07, 6.45) is 53.0. The molecule has 0 aliphatic rings. The molecule has 2 atom stereocenters. The molecule has 0 rings (SSSR count). The predicted molar refractivity (Wildman–Crippen MR) is 241 cm³/mol. The zero-order chi connectivity index (χ0) is 40.8. The summed E-state index contributed by atoms with van der Waals surface area (Å²) in [4.78, 5) is 24.4. The van der Waals surface area contributed by atoms with E-state index in [1.807, 2.05) is 6.08 Å². The van der Waals surface area contributed by atoms with Gasteiger partial charge in [0.25, 0.3) is 0 Å². The average molecular weight is 790 g/mol. The molecule has 0 bridgehead atoms. The summed E-state index contributed by atoms with van der Waals surface area (Å²) < 4.78 is 5.45. The Bertz CT molecular complexity index is 874. The van der Waals surface area contributed by atoms with Gasteiger partial charge in [-0.3, -0.25) is 9.59 Å². The van der Waals surface area contributed by atoms with Crippen molar-refractivity contribution in [3.05, 3.63) is 24.3 Å². The normalized spacial score (nSPS) is 12.9. The molecule has 330 valence electrons. The third-order valence-corrected chi connectivity index (χ3v) is 11.3. The Hall–Kier alpha value is -1.66. The number of rotatable bonds is 45. The number of amides is 1. The molecular formula is C50H95NO5. The van der Waals surface area contributed by atoms with E-state index in [1.54, 1.807) is 0 Å². The number of aliphatic hydroxyl groups is 2. The Morgan fingerprint density at radius 1 is 0.500 bits per heavy atom. The maximum Gasteiger partial charge on any atom is 0.305 e. The molecule has 6 heteroatoms. The maximum absolute atomic E-state index is 12.4. The smallest absolute Gasteiger partial charge is 0.305 e. The van der Waals surface area contributed by atoms with Crippen LogP contribution in [0.4, 0.5) is 0 Å². The molecular weight excluding hydrogens is 695 g/mol. The molecule has 0 saturated carbocycles. The van der Waals surface area contributed by atoms with Gasteiger partial charge in [-0.25, -0.2) is 0 Å². The number of hydrogen-bond donors (Lipinski definition) is 3. The monoisotopic (exact) mass is 790 g/mol. The summed E-state index contributed by atoms with van der Waals surface area (Å²) in [5.41, 5.74) is 0. The van der Waals surface area contributed by atoms with E-state index in [9.17, 15) is 19.8 Å². The van der Waals surface area contributed by atoms with Gasteiger partial charge in [0.2, 0.25) is 5.91 Å². The SMILES string of the molecule is CCCCCCCCCCCCCCCCC(=O)OCCCCCCCC/C=C\C/C=C\CCC(=O)NC(CO)C(O)CCCCCCCCCCCCCC. The number of carbonyl (C=O) groups excluding carboxylic acids is 2. The van der Waals surface area contributed by atoms with E-state index in [0.29, 0.717) is 32.3 Å². The van der Waals surface area contributed by atoms with Crippen LogP contribution in [0.1, 0.15) is 258 Å². The highest BCUT2D eigenvalue weighted by Gasteiger charge is 2.19. The molecule has 0 aliphatic carbocycles. The number of carbonyl (C=O) groups is 2. The fourth-order valence-corrected chi connectivity index (χ4v) is 7.45. The van der Waals surface area contributed by atoms with Crippen molar-refractivity contribution >= 4 is 11.9 Å². The molecule has 0 spiro atoms. The molecule has 0 aliphatic heterocycles. The third kappa shape index (κ3) is 42.0. The van der Waals surface area contributed by atoms with Crippen molar-refractivity contribution in [3.8, 4) is 0 Å². The molecule has 0 aromatic heterocycles. The van der Waals surface area contributed by atoms with E-state index in [-0.39, 0.29) is 18.5 Å². The second-order valence-corrected chi connectivity index (χ2v) is 16.8. The van der Waals surface area contributed by atoms with Gasteiger partial charge in [0.15, 0.2) is 0 Å². The largest absolute Gasteiger partial charge is 0.466 e. The number of nitrogens with one attached hydrogen (secondary N) is 1. The van der Waals surface area contributed by atoms with E-state index in [0.717, 1.165) is 51.4 Å². The van der Waals surface area contributed by atoms with Crippen LogP contribution in [0, 0.1) is 0 Å². The maximum atomic E-state index is 12.4. The lowest BCUT2D eigenvalue weighted by Crippen LogP contribution is -2.45. The van der Waals surface area contributed by atoms with Crippen molar-refractivity contribution in [2.24, 2.45) is 0 Å². The van der Waals surface area contributed by atoms with Gasteiger partial charge in [-0.15, -0.1) is 0 Å². The molecule has 1 amide bonds. The fourth-order valence-electron chi connectivity index (χ4n) is 7.45. The first-order valence-electron chi connectivity index (χ1n) is 24.6. The Balaban J connectivity index is 3.54. The van der Waals surface area contributed by atoms with Gasteiger partial charge in [0.05, 0.1) is 25.4 Å². The zero-order valence-electron chi connectivity index (χ0n) is 37.4. The van der Waals surface area contributed by atoms with E-state index < -0.39 is 12.1 Å². The number of ether oxygens (including phenoxy) is 1. The Kier molecular flexibility index (Phi) is 44.7. The average Bonchev–Trinajstić information content (AvgIpc) is 3.20. The van der Waals surface area contributed by atoms with Crippen LogP contribution in [0.15, 0.2) is 24.3 Å². The number of allylic oxidation sites excluding steroid dienone is 4. The standard InChI is InChI=1S/C50H95NO5/c1-3-5-7-9-11-13-15-17-20-24-28-32-36-40-44-50(55)56-45-41-37-33-29-25-21-18-19-23-27-31-35-39-43-49(54)51-47(46-52)48(53)42-38-34-30-26-22-16-14-12-10-8-6-4-2/h19,23,31,35,47-48,52-53H,3-18,20-22,24-30,32-34,36-46H2,1-2H3,(H,51,54)/b23-19-,35-31-. The van der Waals surface area contributed by atoms with Crippen molar-refractivity contribution in [2.45, 2.75) is 270 Å². The van der Waals surface area contributed by atoms with E-state index in [1.165, 1.54) is 167 Å². The van der Waals surface area contributed by atoms with Crippen molar-refractivity contribution in [1.82, 2.24) is 5.32 Å². The highest BCUT2D eigenvalue weighted by Crippen LogP contribution is 2.16. The lowest BCUT2D eigenvalue weighted by atomic mass is 10.0. The Labute approximate surface area is 348 Å². The minimum atomic E-state index is -0.697. The molecule has 6 nitrogen and oxygen atoms in total. The molecule has 0 saturated heterocycles. The van der Waals surface area contributed by atoms with Gasteiger partial charge in [-0.05, 0) is 44.9 Å². The summed E-state index contributed by atoms with van der Waals surface area (Å²) in [6, 6.07) is -0.583. The van der Waals surface area contributed by atoms with Crippen LogP contribution in [0.2, 0.25) is 0 Å². The lowest BCUT2D eigenvalue weighted by molar-refractivity contribution is -0.143. The van der Waals surface area contributed by atoms with Gasteiger partial charge in [-0.2, -0.15) is 0 Å². The molecule has 0 heterocycles. The highest BCUT2D eigenvalue weighted by atomic mass is 16.5. The highest BCUT2D eigenvalue weighted by molar-refractivity contribution is 5.76. The van der Waals surface area contributed by atoms with Gasteiger partial charge in [0, 0.05) is 12.8 Å². The van der Waals surface area contributed by atoms with E-state index in [4.69, 9.17) is 4.74 Å². The van der Waals surface area contributed by atoms with Crippen LogP contribution in [0.25, 0.3) is 0 Å². The van der Waals surface area contributed by atoms with Crippen LogP contribution in [0.5, 0.6) is 0 Å². The number of hydrogen-bond acceptors (Lipinski definition) is 5. The van der Waals surface area contributed by atoms with Crippen molar-refractivity contribution in [2.75, 3.05) is 13.2 Å². The van der Waals surface area contributed by atoms with Crippen molar-refractivity contribution in [1.29, 1.82) is 0 Å². The summed E-state index contributed by atoms with van der Waals surface area (Å²) >= 11 is 0. The summed E-state index contributed by atoms with van der Waals surface area (Å²) in [5.74, 6) is -0.132. The first kappa shape index (κ1) is 54.3. The fraction of sp³-hybridized carbons (Fsp3) is 0.880. The Morgan fingerprint density at radius 3 is 1.39 bits per heavy atom. The number of aliphatic hydroxyl groups excluding tert-OH is 2. The lowest BCUT2D eigenvalue weighted by Gasteiger charge is -2.22. The molecule has 0 aromatic rings. The van der Waals surface area contributed by atoms with Crippen molar-refractivity contribution < 1.29 is 24.5 Å². The van der Waals surface area contributed by atoms with Crippen LogP contribution in [0.3, 0.4) is 0 Å². The number of unbranched alkanes of at least 4 members (excludes halogenated alkanes) is 30. The summed E-state index contributed by atoms with van der Waals surface area (Å²) in [6.45, 7) is 4.88. The second kappa shape index (κ2) is 46.0. The van der Waals surface area contributed by atoms with Gasteiger partial charge in [-0.1, -0.05) is 224 Å². The van der Waals surface area contributed by atoms with Gasteiger partial charge >= 0.3 is 5.97 Å².